The fourth-order valence-electron chi connectivity index (χ4n) is 2.68. The number of para-hydroxylation sites is 2. The van der Waals surface area contributed by atoms with Crippen molar-refractivity contribution in [3.05, 3.63) is 92.4 Å². The van der Waals surface area contributed by atoms with Crippen LogP contribution in [0.25, 0.3) is 6.08 Å². The van der Waals surface area contributed by atoms with Gasteiger partial charge in [-0.05, 0) is 64.0 Å². The van der Waals surface area contributed by atoms with Crippen molar-refractivity contribution >= 4 is 68.4 Å². The molecule has 0 aliphatic heterocycles. The number of hydrogen-bond acceptors (Lipinski definition) is 4. The maximum atomic E-state index is 12.5. The minimum Gasteiger partial charge on any atom is -0.483 e. The van der Waals surface area contributed by atoms with Gasteiger partial charge in [-0.25, -0.2) is 0 Å². The molecule has 3 rings (SSSR count). The predicted octanol–water partition coefficient (Wildman–Crippen LogP) is 6.32. The van der Waals surface area contributed by atoms with Crippen molar-refractivity contribution < 1.29 is 14.3 Å². The normalized spacial score (nSPS) is 10.8. The number of nitrogens with one attached hydrogen (secondary N) is 2. The van der Waals surface area contributed by atoms with Crippen molar-refractivity contribution in [2.24, 2.45) is 0 Å². The van der Waals surface area contributed by atoms with Crippen LogP contribution in [0.3, 0.4) is 0 Å². The molecule has 0 spiro atoms. The zero-order valence-electron chi connectivity index (χ0n) is 16.9. The number of hydrogen-bond donors (Lipinski definition) is 2. The molecule has 0 aliphatic carbocycles. The molecule has 0 aliphatic rings. The monoisotopic (exact) mass is 543 g/mol. The van der Waals surface area contributed by atoms with Crippen LogP contribution in [-0.4, -0.2) is 18.4 Å². The fraction of sp³-hybridized carbons (Fsp3) is 0.0417. The Labute approximate surface area is 208 Å². The summed E-state index contributed by atoms with van der Waals surface area (Å²) in [7, 11) is 0. The lowest BCUT2D eigenvalue weighted by molar-refractivity contribution is -0.118. The molecule has 3 aromatic rings. The van der Waals surface area contributed by atoms with Crippen LogP contribution in [0.5, 0.6) is 5.75 Å². The van der Waals surface area contributed by atoms with Gasteiger partial charge in [0.2, 0.25) is 0 Å². The number of anilines is 2. The first-order valence-corrected chi connectivity index (χ1v) is 11.1. The number of nitrogens with zero attached hydrogens (tertiary/aromatic N) is 1. The van der Waals surface area contributed by atoms with Gasteiger partial charge in [0.25, 0.3) is 11.8 Å². The first-order chi connectivity index (χ1) is 15.9. The van der Waals surface area contributed by atoms with E-state index in [4.69, 9.17) is 27.9 Å². The minimum atomic E-state index is -0.585. The third-order valence-electron chi connectivity index (χ3n) is 4.26. The molecule has 3 aromatic carbocycles. The van der Waals surface area contributed by atoms with Crippen molar-refractivity contribution in [3.63, 3.8) is 0 Å². The molecule has 0 atom stereocenters. The summed E-state index contributed by atoms with van der Waals surface area (Å²) in [5.74, 6) is -0.541. The molecule has 0 fully saturated rings. The predicted molar refractivity (Wildman–Crippen MR) is 133 cm³/mol. The van der Waals surface area contributed by atoms with Crippen LogP contribution in [0.4, 0.5) is 11.4 Å². The lowest BCUT2D eigenvalue weighted by Crippen LogP contribution is -2.20. The smallest absolute Gasteiger partial charge is 0.266 e. The van der Waals surface area contributed by atoms with Crippen LogP contribution in [0.2, 0.25) is 10.0 Å². The average molecular weight is 545 g/mol. The first kappa shape index (κ1) is 24.3. The Hall–Kier alpha value is -3.31. The SMILES string of the molecule is N#C/C(=C\c1ccc(OCC(=O)Nc2ccccc2Cl)c(Br)c1)C(=O)Nc1ccccc1Cl. The Morgan fingerprint density at radius 1 is 0.970 bits per heavy atom. The lowest BCUT2D eigenvalue weighted by atomic mass is 10.1. The first-order valence-electron chi connectivity index (χ1n) is 9.52. The molecule has 2 N–H and O–H groups in total. The van der Waals surface area contributed by atoms with E-state index in [2.05, 4.69) is 26.6 Å². The molecule has 9 heteroatoms. The van der Waals surface area contributed by atoms with E-state index in [1.807, 2.05) is 6.07 Å². The largest absolute Gasteiger partial charge is 0.483 e. The molecule has 0 heterocycles. The highest BCUT2D eigenvalue weighted by Gasteiger charge is 2.13. The van der Waals surface area contributed by atoms with Gasteiger partial charge in [-0.3, -0.25) is 9.59 Å². The van der Waals surface area contributed by atoms with Crippen molar-refractivity contribution in [2.45, 2.75) is 0 Å². The molecule has 2 amide bonds. The highest BCUT2D eigenvalue weighted by molar-refractivity contribution is 9.10. The zero-order chi connectivity index (χ0) is 23.8. The summed E-state index contributed by atoms with van der Waals surface area (Å²) in [6, 6.07) is 20.5. The van der Waals surface area contributed by atoms with Gasteiger partial charge in [-0.15, -0.1) is 0 Å². The van der Waals surface area contributed by atoms with E-state index >= 15 is 0 Å². The van der Waals surface area contributed by atoms with Gasteiger partial charge < -0.3 is 15.4 Å². The summed E-state index contributed by atoms with van der Waals surface area (Å²) >= 11 is 15.5. The second-order valence-electron chi connectivity index (χ2n) is 6.61. The second-order valence-corrected chi connectivity index (χ2v) is 8.28. The van der Waals surface area contributed by atoms with Gasteiger partial charge in [0.05, 0.1) is 25.9 Å². The van der Waals surface area contributed by atoms with E-state index in [0.717, 1.165) is 0 Å². The highest BCUT2D eigenvalue weighted by atomic mass is 79.9. The van der Waals surface area contributed by atoms with Gasteiger partial charge in [0.1, 0.15) is 17.4 Å². The topological polar surface area (TPSA) is 91.2 Å². The number of carbonyl (C=O) groups excluding carboxylic acids is 2. The van der Waals surface area contributed by atoms with Gasteiger partial charge in [-0.1, -0.05) is 53.5 Å². The Kier molecular flexibility index (Phi) is 8.50. The number of halogens is 3. The Bertz CT molecular complexity index is 1270. The van der Waals surface area contributed by atoms with Crippen LogP contribution < -0.4 is 15.4 Å². The van der Waals surface area contributed by atoms with Crippen molar-refractivity contribution in [2.75, 3.05) is 17.2 Å². The van der Waals surface area contributed by atoms with E-state index in [1.54, 1.807) is 66.7 Å². The van der Waals surface area contributed by atoms with E-state index in [9.17, 15) is 14.9 Å². The Morgan fingerprint density at radius 3 is 2.15 bits per heavy atom. The van der Waals surface area contributed by atoms with Crippen LogP contribution in [-0.2, 0) is 9.59 Å². The van der Waals surface area contributed by atoms with E-state index in [1.165, 1.54) is 6.08 Å². The number of amides is 2. The minimum absolute atomic E-state index is 0.102. The van der Waals surface area contributed by atoms with Gasteiger partial charge >= 0.3 is 0 Å². The van der Waals surface area contributed by atoms with Crippen LogP contribution in [0, 0.1) is 11.3 Å². The molecule has 6 nitrogen and oxygen atoms in total. The van der Waals surface area contributed by atoms with Gasteiger partial charge in [0.15, 0.2) is 6.61 Å². The molecule has 0 bridgehead atoms. The number of nitriles is 1. The van der Waals surface area contributed by atoms with Gasteiger partial charge in [-0.2, -0.15) is 5.26 Å². The van der Waals surface area contributed by atoms with Crippen LogP contribution in [0.15, 0.2) is 76.8 Å². The van der Waals surface area contributed by atoms with E-state index in [-0.39, 0.29) is 18.1 Å². The maximum absolute atomic E-state index is 12.5. The average Bonchev–Trinajstić information content (AvgIpc) is 2.80. The Morgan fingerprint density at radius 2 is 1.58 bits per heavy atom. The molecule has 0 unspecified atom stereocenters. The van der Waals surface area contributed by atoms with E-state index < -0.39 is 5.91 Å². The molecule has 0 aromatic heterocycles. The summed E-state index contributed by atoms with van der Waals surface area (Å²) in [4.78, 5) is 24.6. The van der Waals surface area contributed by atoms with Gasteiger partial charge in [0, 0.05) is 0 Å². The molecular weight excluding hydrogens is 529 g/mol. The Balaban J connectivity index is 1.65. The summed E-state index contributed by atoms with van der Waals surface area (Å²) in [6.07, 6.45) is 1.44. The van der Waals surface area contributed by atoms with Crippen LogP contribution >= 0.6 is 39.1 Å². The number of benzene rings is 3. The third-order valence-corrected chi connectivity index (χ3v) is 5.54. The standard InChI is InChI=1S/C24H16BrCl2N3O3/c25-17-12-15(11-16(13-28)24(32)30-21-8-4-2-6-19(21)27)9-10-22(17)33-14-23(31)29-20-7-3-1-5-18(20)26/h1-12H,14H2,(H,29,31)(H,30,32)/b16-11+. The fourth-order valence-corrected chi connectivity index (χ4v) is 3.56. The van der Waals surface area contributed by atoms with Crippen molar-refractivity contribution in [3.8, 4) is 11.8 Å². The molecule has 0 saturated heterocycles. The lowest BCUT2D eigenvalue weighted by Gasteiger charge is -2.10. The number of rotatable bonds is 7. The summed E-state index contributed by atoms with van der Waals surface area (Å²) in [5, 5.41) is 15.5. The highest BCUT2D eigenvalue weighted by Crippen LogP contribution is 2.28. The molecule has 0 radical (unpaired) electrons. The number of carbonyl (C=O) groups is 2. The summed E-state index contributed by atoms with van der Waals surface area (Å²) < 4.78 is 6.10. The quantitative estimate of drug-likeness (QED) is 0.269. The molecule has 0 saturated carbocycles. The molecular formula is C24H16BrCl2N3O3. The number of ether oxygens (including phenoxy) is 1. The zero-order valence-corrected chi connectivity index (χ0v) is 20.0. The summed E-state index contributed by atoms with van der Waals surface area (Å²) in [5.41, 5.74) is 1.38. The van der Waals surface area contributed by atoms with Crippen molar-refractivity contribution in [1.82, 2.24) is 0 Å². The van der Waals surface area contributed by atoms with Crippen LogP contribution in [0.1, 0.15) is 5.56 Å². The molecule has 33 heavy (non-hydrogen) atoms. The van der Waals surface area contributed by atoms with Crippen molar-refractivity contribution in [1.29, 1.82) is 5.26 Å². The molecule has 166 valence electrons. The summed E-state index contributed by atoms with van der Waals surface area (Å²) in [6.45, 7) is -0.233. The maximum Gasteiger partial charge on any atom is 0.266 e. The van der Waals surface area contributed by atoms with E-state index in [0.29, 0.717) is 37.2 Å². The second kappa shape index (κ2) is 11.5. The third kappa shape index (κ3) is 6.83.